The third-order valence-electron chi connectivity index (χ3n) is 1.47. The first-order valence-corrected chi connectivity index (χ1v) is 3.20. The van der Waals surface area contributed by atoms with E-state index in [0.29, 0.717) is 18.6 Å². The molecule has 0 aromatic carbocycles. The van der Waals surface area contributed by atoms with Crippen molar-refractivity contribution in [1.82, 2.24) is 5.32 Å². The van der Waals surface area contributed by atoms with Crippen molar-refractivity contribution in [3.63, 3.8) is 0 Å². The molecule has 1 heterocycles. The molecule has 0 fully saturated rings. The summed E-state index contributed by atoms with van der Waals surface area (Å²) in [7, 11) is 0. The first kappa shape index (κ1) is 6.39. The fourth-order valence-electron chi connectivity index (χ4n) is 0.720. The van der Waals surface area contributed by atoms with Gasteiger partial charge in [-0.25, -0.2) is 0 Å². The van der Waals surface area contributed by atoms with Gasteiger partial charge in [-0.05, 0) is 5.92 Å². The molecule has 3 nitrogen and oxygen atoms in total. The van der Waals surface area contributed by atoms with Gasteiger partial charge in [0.1, 0.15) is 12.9 Å². The van der Waals surface area contributed by atoms with Gasteiger partial charge < -0.3 is 10.2 Å². The predicted molar refractivity (Wildman–Crippen MR) is 36.2 cm³/mol. The fourth-order valence-corrected chi connectivity index (χ4v) is 0.720. The molecule has 1 N–H and O–H groups in total. The Bertz CT molecular complexity index is 112. The van der Waals surface area contributed by atoms with E-state index in [4.69, 9.17) is 4.84 Å². The minimum atomic E-state index is 0.433. The van der Waals surface area contributed by atoms with Crippen molar-refractivity contribution in [3.8, 4) is 0 Å². The number of nitrogens with zero attached hydrogens (tertiary/aromatic N) is 1. The van der Waals surface area contributed by atoms with Crippen molar-refractivity contribution in [1.29, 1.82) is 0 Å². The highest BCUT2D eigenvalue weighted by Gasteiger charge is 2.13. The summed E-state index contributed by atoms with van der Waals surface area (Å²) in [4.78, 5) is 4.85. The van der Waals surface area contributed by atoms with Crippen molar-refractivity contribution >= 4 is 6.34 Å². The highest BCUT2D eigenvalue weighted by molar-refractivity contribution is 5.54. The highest BCUT2D eigenvalue weighted by Crippen LogP contribution is 2.03. The molecule has 0 bridgehead atoms. The van der Waals surface area contributed by atoms with Gasteiger partial charge in [0.05, 0.1) is 6.04 Å². The van der Waals surface area contributed by atoms with Crippen molar-refractivity contribution < 1.29 is 4.84 Å². The van der Waals surface area contributed by atoms with Crippen LogP contribution in [0, 0.1) is 5.92 Å². The van der Waals surface area contributed by atoms with E-state index in [9.17, 15) is 0 Å². The van der Waals surface area contributed by atoms with E-state index in [1.165, 1.54) is 0 Å². The van der Waals surface area contributed by atoms with Crippen LogP contribution in [0.4, 0.5) is 0 Å². The molecular weight excluding hydrogens is 116 g/mol. The Balaban J connectivity index is 2.35. The minimum Gasteiger partial charge on any atom is -0.392 e. The van der Waals surface area contributed by atoms with Crippen LogP contribution in [0.3, 0.4) is 0 Å². The lowest BCUT2D eigenvalue weighted by Gasteiger charge is -2.21. The highest BCUT2D eigenvalue weighted by atomic mass is 16.6. The molecular formula is C6H12N2O. The van der Waals surface area contributed by atoms with Crippen molar-refractivity contribution in [2.24, 2.45) is 11.1 Å². The quantitative estimate of drug-likeness (QED) is 0.560. The molecule has 0 saturated heterocycles. The summed E-state index contributed by atoms with van der Waals surface area (Å²) >= 11 is 0. The summed E-state index contributed by atoms with van der Waals surface area (Å²) in [6, 6.07) is 0.433. The molecule has 9 heavy (non-hydrogen) atoms. The zero-order chi connectivity index (χ0) is 6.69. The van der Waals surface area contributed by atoms with Crippen LogP contribution in [-0.4, -0.2) is 19.0 Å². The zero-order valence-corrected chi connectivity index (χ0v) is 5.79. The minimum absolute atomic E-state index is 0.433. The number of oxime groups is 1. The first-order chi connectivity index (χ1) is 4.30. The van der Waals surface area contributed by atoms with Crippen LogP contribution >= 0.6 is 0 Å². The predicted octanol–water partition coefficient (Wildman–Crippen LogP) is 0.574. The second kappa shape index (κ2) is 2.71. The molecule has 0 aromatic heterocycles. The standard InChI is InChI=1S/C6H12N2O/c1-5(2)6-3-9-8-4-7-6/h4-6H,3H2,1-2H3,(H,7,8). The molecule has 0 radical (unpaired) electrons. The lowest BCUT2D eigenvalue weighted by Crippen LogP contribution is -2.39. The molecule has 0 aromatic rings. The average Bonchev–Trinajstić information content (AvgIpc) is 1.90. The van der Waals surface area contributed by atoms with E-state index in [2.05, 4.69) is 24.3 Å². The van der Waals surface area contributed by atoms with Gasteiger partial charge in [0.2, 0.25) is 0 Å². The van der Waals surface area contributed by atoms with Crippen LogP contribution in [-0.2, 0) is 4.84 Å². The maximum absolute atomic E-state index is 4.85. The smallest absolute Gasteiger partial charge is 0.137 e. The van der Waals surface area contributed by atoms with Gasteiger partial charge in [-0.15, -0.1) is 0 Å². The molecule has 0 aliphatic carbocycles. The van der Waals surface area contributed by atoms with E-state index in [1.807, 2.05) is 0 Å². The summed E-state index contributed by atoms with van der Waals surface area (Å²) in [6.07, 6.45) is 1.61. The van der Waals surface area contributed by atoms with E-state index >= 15 is 0 Å². The summed E-state index contributed by atoms with van der Waals surface area (Å²) < 4.78 is 0. The van der Waals surface area contributed by atoms with E-state index in [0.717, 1.165) is 0 Å². The van der Waals surface area contributed by atoms with Crippen LogP contribution in [0.15, 0.2) is 5.16 Å². The average molecular weight is 128 g/mol. The molecule has 1 aliphatic heterocycles. The number of rotatable bonds is 1. The lowest BCUT2D eigenvalue weighted by atomic mass is 10.1. The SMILES string of the molecule is CC(C)C1CON=CN1. The maximum atomic E-state index is 4.85. The van der Waals surface area contributed by atoms with Gasteiger partial charge in [0.15, 0.2) is 0 Å². The van der Waals surface area contributed by atoms with Gasteiger partial charge in [-0.3, -0.25) is 0 Å². The topological polar surface area (TPSA) is 33.6 Å². The zero-order valence-electron chi connectivity index (χ0n) is 5.79. The van der Waals surface area contributed by atoms with Crippen LogP contribution in [0.5, 0.6) is 0 Å². The van der Waals surface area contributed by atoms with E-state index < -0.39 is 0 Å². The Morgan fingerprint density at radius 3 is 2.89 bits per heavy atom. The monoisotopic (exact) mass is 128 g/mol. The van der Waals surface area contributed by atoms with Gasteiger partial charge >= 0.3 is 0 Å². The molecule has 0 spiro atoms. The van der Waals surface area contributed by atoms with Gasteiger partial charge in [-0.1, -0.05) is 19.0 Å². The second-order valence-corrected chi connectivity index (χ2v) is 2.55. The van der Waals surface area contributed by atoms with E-state index in [1.54, 1.807) is 6.34 Å². The Kier molecular flexibility index (Phi) is 1.92. The summed E-state index contributed by atoms with van der Waals surface area (Å²) in [5.74, 6) is 0.608. The van der Waals surface area contributed by atoms with Gasteiger partial charge in [-0.2, -0.15) is 0 Å². The van der Waals surface area contributed by atoms with Crippen LogP contribution in [0.1, 0.15) is 13.8 Å². The Morgan fingerprint density at radius 1 is 1.78 bits per heavy atom. The van der Waals surface area contributed by atoms with Crippen LogP contribution < -0.4 is 5.32 Å². The van der Waals surface area contributed by atoms with Gasteiger partial charge in [0.25, 0.3) is 0 Å². The molecule has 0 saturated carbocycles. The fraction of sp³-hybridized carbons (Fsp3) is 0.833. The molecule has 1 unspecified atom stereocenters. The third kappa shape index (κ3) is 1.59. The Morgan fingerprint density at radius 2 is 2.56 bits per heavy atom. The van der Waals surface area contributed by atoms with E-state index in [-0.39, 0.29) is 0 Å². The number of nitrogens with one attached hydrogen (secondary N) is 1. The third-order valence-corrected chi connectivity index (χ3v) is 1.47. The largest absolute Gasteiger partial charge is 0.392 e. The molecule has 52 valence electrons. The Labute approximate surface area is 55.1 Å². The molecule has 1 aliphatic rings. The van der Waals surface area contributed by atoms with Gasteiger partial charge in [0, 0.05) is 0 Å². The van der Waals surface area contributed by atoms with Crippen molar-refractivity contribution in [3.05, 3.63) is 0 Å². The van der Waals surface area contributed by atoms with Crippen molar-refractivity contribution in [2.75, 3.05) is 6.61 Å². The lowest BCUT2D eigenvalue weighted by molar-refractivity contribution is 0.0980. The summed E-state index contributed by atoms with van der Waals surface area (Å²) in [5, 5.41) is 6.68. The molecule has 3 heteroatoms. The first-order valence-electron chi connectivity index (χ1n) is 3.20. The summed E-state index contributed by atoms with van der Waals surface area (Å²) in [5.41, 5.74) is 0. The normalized spacial score (nSPS) is 25.4. The van der Waals surface area contributed by atoms with Crippen LogP contribution in [0.25, 0.3) is 0 Å². The second-order valence-electron chi connectivity index (χ2n) is 2.55. The molecule has 1 rings (SSSR count). The molecule has 1 atom stereocenters. The van der Waals surface area contributed by atoms with Crippen LogP contribution in [0.2, 0.25) is 0 Å². The summed E-state index contributed by atoms with van der Waals surface area (Å²) in [6.45, 7) is 4.99. The Hall–Kier alpha value is -0.730. The number of hydrogen-bond acceptors (Lipinski definition) is 3. The van der Waals surface area contributed by atoms with Crippen molar-refractivity contribution in [2.45, 2.75) is 19.9 Å². The maximum Gasteiger partial charge on any atom is 0.137 e. The molecule has 0 amide bonds. The number of hydrogen-bond donors (Lipinski definition) is 1.